The van der Waals surface area contributed by atoms with Gasteiger partial charge in [0.15, 0.2) is 0 Å². The van der Waals surface area contributed by atoms with Gasteiger partial charge >= 0.3 is 12.4 Å². The van der Waals surface area contributed by atoms with Gasteiger partial charge in [0.2, 0.25) is 0 Å². The molecule has 176 valence electrons. The maximum absolute atomic E-state index is 13.0. The molecule has 0 saturated heterocycles. The largest absolute Gasteiger partial charge is 0.417 e. The van der Waals surface area contributed by atoms with E-state index in [1.54, 1.807) is 0 Å². The molecular weight excluding hydrogens is 462 g/mol. The van der Waals surface area contributed by atoms with E-state index in [0.29, 0.717) is 5.69 Å². The molecule has 0 bridgehead atoms. The number of nitrogens with one attached hydrogen (secondary N) is 2. The summed E-state index contributed by atoms with van der Waals surface area (Å²) < 4.78 is 77.9. The Balaban J connectivity index is 1.61. The third-order valence-electron chi connectivity index (χ3n) is 4.45. The van der Waals surface area contributed by atoms with Gasteiger partial charge in [-0.15, -0.1) is 0 Å². The van der Waals surface area contributed by atoms with Crippen molar-refractivity contribution in [1.29, 1.82) is 0 Å². The Kier molecular flexibility index (Phi) is 7.34. The first-order valence-electron chi connectivity index (χ1n) is 9.61. The second kappa shape index (κ2) is 10.2. The Morgan fingerprint density at radius 2 is 1.15 bits per heavy atom. The lowest BCUT2D eigenvalue weighted by molar-refractivity contribution is -0.138. The number of amides is 1. The SMILES string of the molecule is O=C(N/N=C\c1ccccc1C(F)(F)F)c1ccc(N/N=C\c2ccccc2C(F)(F)F)cc1. The molecule has 3 aromatic carbocycles. The van der Waals surface area contributed by atoms with E-state index < -0.39 is 29.4 Å². The summed E-state index contributed by atoms with van der Waals surface area (Å²) in [6, 6.07) is 15.4. The predicted octanol–water partition coefficient (Wildman–Crippen LogP) is 5.93. The molecule has 2 N–H and O–H groups in total. The lowest BCUT2D eigenvalue weighted by atomic mass is 10.1. The predicted molar refractivity (Wildman–Crippen MR) is 116 cm³/mol. The first-order valence-corrected chi connectivity index (χ1v) is 9.61. The summed E-state index contributed by atoms with van der Waals surface area (Å²) in [6.07, 6.45) is -7.16. The number of nitrogens with zero attached hydrogens (tertiary/aromatic N) is 2. The van der Waals surface area contributed by atoms with Crippen LogP contribution in [-0.4, -0.2) is 18.3 Å². The number of carbonyl (C=O) groups is 1. The summed E-state index contributed by atoms with van der Waals surface area (Å²) in [5.41, 5.74) is 3.19. The molecule has 0 saturated carbocycles. The van der Waals surface area contributed by atoms with Crippen LogP contribution < -0.4 is 10.9 Å². The Labute approximate surface area is 189 Å². The van der Waals surface area contributed by atoms with Gasteiger partial charge in [0.05, 0.1) is 29.2 Å². The molecule has 0 atom stereocenters. The van der Waals surface area contributed by atoms with Gasteiger partial charge in [-0.3, -0.25) is 10.2 Å². The number of hydrogen-bond acceptors (Lipinski definition) is 4. The third-order valence-corrected chi connectivity index (χ3v) is 4.45. The number of anilines is 1. The van der Waals surface area contributed by atoms with E-state index in [4.69, 9.17) is 0 Å². The standard InChI is InChI=1S/C23H16F6N4O/c24-22(25,26)19-7-3-1-5-16(19)13-30-32-18-11-9-15(10-12-18)21(34)33-31-14-17-6-2-4-8-20(17)23(27,28)29/h1-14,32H,(H,33,34)/b30-13-,31-14-. The van der Waals surface area contributed by atoms with E-state index in [2.05, 4.69) is 21.1 Å². The number of hydrogen-bond donors (Lipinski definition) is 2. The Morgan fingerprint density at radius 3 is 1.65 bits per heavy atom. The van der Waals surface area contributed by atoms with Gasteiger partial charge in [-0.2, -0.15) is 36.5 Å². The highest BCUT2D eigenvalue weighted by Crippen LogP contribution is 2.32. The van der Waals surface area contributed by atoms with Crippen molar-refractivity contribution in [2.24, 2.45) is 10.2 Å². The van der Waals surface area contributed by atoms with Crippen LogP contribution in [0.15, 0.2) is 83.0 Å². The second-order valence-electron chi connectivity index (χ2n) is 6.82. The summed E-state index contributed by atoms with van der Waals surface area (Å²) >= 11 is 0. The van der Waals surface area contributed by atoms with Crippen molar-refractivity contribution in [2.45, 2.75) is 12.4 Å². The van der Waals surface area contributed by atoms with Gasteiger partial charge in [-0.05, 0) is 36.4 Å². The van der Waals surface area contributed by atoms with E-state index in [0.717, 1.165) is 24.6 Å². The molecule has 0 fully saturated rings. The minimum Gasteiger partial charge on any atom is -0.279 e. The first kappa shape index (κ1) is 24.5. The summed E-state index contributed by atoms with van der Waals surface area (Å²) in [7, 11) is 0. The van der Waals surface area contributed by atoms with E-state index in [1.165, 1.54) is 60.7 Å². The molecule has 0 spiro atoms. The Hall–Kier alpha value is -4.15. The van der Waals surface area contributed by atoms with E-state index >= 15 is 0 Å². The zero-order valence-corrected chi connectivity index (χ0v) is 17.2. The average molecular weight is 478 g/mol. The molecule has 0 aliphatic carbocycles. The van der Waals surface area contributed by atoms with Crippen LogP contribution in [-0.2, 0) is 12.4 Å². The molecule has 0 unspecified atom stereocenters. The molecule has 3 rings (SSSR count). The van der Waals surface area contributed by atoms with Crippen LogP contribution in [0.5, 0.6) is 0 Å². The van der Waals surface area contributed by atoms with Crippen LogP contribution in [0.3, 0.4) is 0 Å². The molecule has 0 aliphatic rings. The highest BCUT2D eigenvalue weighted by Gasteiger charge is 2.33. The Bertz CT molecular complexity index is 1200. The van der Waals surface area contributed by atoms with Crippen molar-refractivity contribution in [3.63, 3.8) is 0 Å². The number of alkyl halides is 6. The quantitative estimate of drug-likeness (QED) is 0.262. The normalized spacial score (nSPS) is 12.3. The minimum atomic E-state index is -4.56. The fourth-order valence-electron chi connectivity index (χ4n) is 2.83. The molecule has 0 aromatic heterocycles. The third kappa shape index (κ3) is 6.44. The van der Waals surface area contributed by atoms with Crippen molar-refractivity contribution in [1.82, 2.24) is 5.43 Å². The smallest absolute Gasteiger partial charge is 0.279 e. The second-order valence-corrected chi connectivity index (χ2v) is 6.82. The van der Waals surface area contributed by atoms with Crippen molar-refractivity contribution in [3.05, 3.63) is 101 Å². The molecule has 34 heavy (non-hydrogen) atoms. The molecule has 5 nitrogen and oxygen atoms in total. The van der Waals surface area contributed by atoms with Gasteiger partial charge in [-0.25, -0.2) is 5.43 Å². The highest BCUT2D eigenvalue weighted by molar-refractivity contribution is 5.95. The van der Waals surface area contributed by atoms with Gasteiger partial charge in [0, 0.05) is 16.7 Å². The minimum absolute atomic E-state index is 0.122. The summed E-state index contributed by atoms with van der Waals surface area (Å²) in [6.45, 7) is 0. The fourth-order valence-corrected chi connectivity index (χ4v) is 2.83. The number of carbonyl (C=O) groups excluding carboxylic acids is 1. The zero-order valence-electron chi connectivity index (χ0n) is 17.2. The molecule has 1 amide bonds. The van der Waals surface area contributed by atoms with E-state index in [1.807, 2.05) is 0 Å². The van der Waals surface area contributed by atoms with Crippen molar-refractivity contribution >= 4 is 24.0 Å². The molecular formula is C23H16F6N4O. The van der Waals surface area contributed by atoms with Gasteiger partial charge < -0.3 is 0 Å². The van der Waals surface area contributed by atoms with Crippen LogP contribution in [0.25, 0.3) is 0 Å². The maximum atomic E-state index is 13.0. The molecule has 0 aliphatic heterocycles. The molecule has 0 heterocycles. The summed E-state index contributed by atoms with van der Waals surface area (Å²) in [5, 5.41) is 7.35. The van der Waals surface area contributed by atoms with E-state index in [9.17, 15) is 31.1 Å². The van der Waals surface area contributed by atoms with Crippen molar-refractivity contribution < 1.29 is 31.1 Å². The summed E-state index contributed by atoms with van der Waals surface area (Å²) in [5.74, 6) is -0.671. The highest BCUT2D eigenvalue weighted by atomic mass is 19.4. The molecule has 3 aromatic rings. The first-order chi connectivity index (χ1) is 16.1. The van der Waals surface area contributed by atoms with Crippen LogP contribution in [0.1, 0.15) is 32.6 Å². The van der Waals surface area contributed by atoms with Crippen LogP contribution in [0, 0.1) is 0 Å². The molecule has 0 radical (unpaired) electrons. The van der Waals surface area contributed by atoms with Crippen LogP contribution in [0.4, 0.5) is 32.0 Å². The zero-order chi connectivity index (χ0) is 24.8. The number of hydrazone groups is 2. The van der Waals surface area contributed by atoms with Crippen molar-refractivity contribution in [3.8, 4) is 0 Å². The fraction of sp³-hybridized carbons (Fsp3) is 0.0870. The average Bonchev–Trinajstić information content (AvgIpc) is 2.79. The van der Waals surface area contributed by atoms with Gasteiger partial charge in [0.25, 0.3) is 5.91 Å². The van der Waals surface area contributed by atoms with Crippen LogP contribution in [0.2, 0.25) is 0 Å². The number of halogens is 6. The monoisotopic (exact) mass is 478 g/mol. The number of rotatable bonds is 6. The maximum Gasteiger partial charge on any atom is 0.417 e. The van der Waals surface area contributed by atoms with Crippen molar-refractivity contribution in [2.75, 3.05) is 5.43 Å². The number of benzene rings is 3. The lowest BCUT2D eigenvalue weighted by Crippen LogP contribution is -2.18. The van der Waals surface area contributed by atoms with Gasteiger partial charge in [0.1, 0.15) is 0 Å². The van der Waals surface area contributed by atoms with E-state index in [-0.39, 0.29) is 16.7 Å². The molecule has 11 heteroatoms. The van der Waals surface area contributed by atoms with Crippen LogP contribution >= 0.6 is 0 Å². The topological polar surface area (TPSA) is 65.8 Å². The lowest BCUT2D eigenvalue weighted by Gasteiger charge is -2.09. The Morgan fingerprint density at radius 1 is 0.676 bits per heavy atom. The summed E-state index contributed by atoms with van der Waals surface area (Å²) in [4.78, 5) is 12.2. The van der Waals surface area contributed by atoms with Gasteiger partial charge in [-0.1, -0.05) is 36.4 Å².